The molecule has 0 bridgehead atoms. The summed E-state index contributed by atoms with van der Waals surface area (Å²) in [6.45, 7) is 0. The molecule has 1 unspecified atom stereocenters. The zero-order chi connectivity index (χ0) is 13.5. The molecule has 1 N–H and O–H groups in total. The summed E-state index contributed by atoms with van der Waals surface area (Å²) >= 11 is 3.48. The van der Waals surface area contributed by atoms with Crippen molar-refractivity contribution in [1.29, 1.82) is 0 Å². The highest BCUT2D eigenvalue weighted by Gasteiger charge is 2.38. The van der Waals surface area contributed by atoms with Crippen molar-refractivity contribution in [2.75, 3.05) is 7.11 Å². The smallest absolute Gasteiger partial charge is 0.118 e. The van der Waals surface area contributed by atoms with Gasteiger partial charge in [-0.1, -0.05) is 34.1 Å². The van der Waals surface area contributed by atoms with E-state index in [9.17, 15) is 5.11 Å². The largest absolute Gasteiger partial charge is 0.497 e. The van der Waals surface area contributed by atoms with E-state index in [2.05, 4.69) is 22.0 Å². The lowest BCUT2D eigenvalue weighted by Crippen LogP contribution is -2.23. The third kappa shape index (κ3) is 2.07. The standard InChI is InChI=1S/C16H15BrO2/c1-19-14-6-3-12(4-7-14)16(18)9-8-11-2-5-13(17)10-15(11)16/h2-7,10,18H,8-9H2,1H3. The van der Waals surface area contributed by atoms with E-state index in [1.165, 1.54) is 5.56 Å². The van der Waals surface area contributed by atoms with Gasteiger partial charge in [0.2, 0.25) is 0 Å². The van der Waals surface area contributed by atoms with Crippen LogP contribution in [0.25, 0.3) is 0 Å². The molecule has 1 aliphatic carbocycles. The van der Waals surface area contributed by atoms with Crippen molar-refractivity contribution in [1.82, 2.24) is 0 Å². The van der Waals surface area contributed by atoms with Crippen LogP contribution in [0.5, 0.6) is 5.75 Å². The van der Waals surface area contributed by atoms with Crippen LogP contribution in [0.4, 0.5) is 0 Å². The average molecular weight is 319 g/mol. The SMILES string of the molecule is COc1ccc(C2(O)CCc3ccc(Br)cc32)cc1. The van der Waals surface area contributed by atoms with E-state index in [0.29, 0.717) is 0 Å². The van der Waals surface area contributed by atoms with Gasteiger partial charge in [0.25, 0.3) is 0 Å². The van der Waals surface area contributed by atoms with Crippen LogP contribution < -0.4 is 4.74 Å². The van der Waals surface area contributed by atoms with Gasteiger partial charge in [-0.2, -0.15) is 0 Å². The lowest BCUT2D eigenvalue weighted by molar-refractivity contribution is 0.0828. The second-order valence-electron chi connectivity index (χ2n) is 4.89. The van der Waals surface area contributed by atoms with E-state index in [1.807, 2.05) is 36.4 Å². The Morgan fingerprint density at radius 1 is 1.16 bits per heavy atom. The van der Waals surface area contributed by atoms with E-state index in [0.717, 1.165) is 34.2 Å². The first-order chi connectivity index (χ1) is 9.13. The Morgan fingerprint density at radius 2 is 1.89 bits per heavy atom. The molecule has 0 amide bonds. The van der Waals surface area contributed by atoms with Gasteiger partial charge in [-0.05, 0) is 53.8 Å². The number of benzene rings is 2. The second kappa shape index (κ2) is 4.66. The zero-order valence-electron chi connectivity index (χ0n) is 10.7. The van der Waals surface area contributed by atoms with Gasteiger partial charge in [0.15, 0.2) is 0 Å². The van der Waals surface area contributed by atoms with Gasteiger partial charge in [-0.3, -0.25) is 0 Å². The summed E-state index contributed by atoms with van der Waals surface area (Å²) in [7, 11) is 1.64. The molecule has 2 nitrogen and oxygen atoms in total. The Kier molecular flexibility index (Phi) is 3.11. The number of ether oxygens (including phenoxy) is 1. The molecule has 0 spiro atoms. The normalized spacial score (nSPS) is 21.2. The molecule has 3 heteroatoms. The maximum Gasteiger partial charge on any atom is 0.118 e. The van der Waals surface area contributed by atoms with Crippen molar-refractivity contribution in [3.63, 3.8) is 0 Å². The number of rotatable bonds is 2. The molecule has 0 aliphatic heterocycles. The van der Waals surface area contributed by atoms with Crippen LogP contribution in [-0.2, 0) is 12.0 Å². The highest BCUT2D eigenvalue weighted by atomic mass is 79.9. The van der Waals surface area contributed by atoms with Gasteiger partial charge in [0, 0.05) is 4.47 Å². The number of methoxy groups -OCH3 is 1. The Morgan fingerprint density at radius 3 is 2.58 bits per heavy atom. The third-order valence-electron chi connectivity index (χ3n) is 3.84. The fourth-order valence-corrected chi connectivity index (χ4v) is 3.13. The first-order valence-electron chi connectivity index (χ1n) is 6.29. The van der Waals surface area contributed by atoms with Crippen molar-refractivity contribution < 1.29 is 9.84 Å². The minimum atomic E-state index is -0.884. The van der Waals surface area contributed by atoms with Gasteiger partial charge >= 0.3 is 0 Å². The fourth-order valence-electron chi connectivity index (χ4n) is 2.77. The van der Waals surface area contributed by atoms with Crippen LogP contribution in [-0.4, -0.2) is 12.2 Å². The van der Waals surface area contributed by atoms with E-state index in [1.54, 1.807) is 7.11 Å². The summed E-state index contributed by atoms with van der Waals surface area (Å²) in [4.78, 5) is 0. The predicted molar refractivity (Wildman–Crippen MR) is 78.5 cm³/mol. The van der Waals surface area contributed by atoms with Gasteiger partial charge in [0.05, 0.1) is 7.11 Å². The van der Waals surface area contributed by atoms with Crippen LogP contribution in [0.3, 0.4) is 0 Å². The molecule has 1 aliphatic rings. The van der Waals surface area contributed by atoms with Crippen molar-refractivity contribution in [2.24, 2.45) is 0 Å². The maximum absolute atomic E-state index is 11.0. The predicted octanol–water partition coefficient (Wildman–Crippen LogP) is 3.64. The maximum atomic E-state index is 11.0. The number of aliphatic hydroxyl groups is 1. The monoisotopic (exact) mass is 318 g/mol. The molecule has 3 rings (SSSR count). The van der Waals surface area contributed by atoms with Crippen molar-refractivity contribution in [2.45, 2.75) is 18.4 Å². The van der Waals surface area contributed by atoms with Crippen LogP contribution in [0.2, 0.25) is 0 Å². The van der Waals surface area contributed by atoms with Crippen molar-refractivity contribution in [3.8, 4) is 5.75 Å². The number of fused-ring (bicyclic) bond motifs is 1. The number of hydrogen-bond donors (Lipinski definition) is 1. The number of aryl methyl sites for hydroxylation is 1. The third-order valence-corrected chi connectivity index (χ3v) is 4.33. The summed E-state index contributed by atoms with van der Waals surface area (Å²) < 4.78 is 6.16. The summed E-state index contributed by atoms with van der Waals surface area (Å²) in [5, 5.41) is 11.0. The first-order valence-corrected chi connectivity index (χ1v) is 7.08. The molecule has 98 valence electrons. The van der Waals surface area contributed by atoms with E-state index < -0.39 is 5.60 Å². The molecule has 19 heavy (non-hydrogen) atoms. The molecule has 1 atom stereocenters. The first kappa shape index (κ1) is 12.7. The molecular weight excluding hydrogens is 304 g/mol. The topological polar surface area (TPSA) is 29.5 Å². The van der Waals surface area contributed by atoms with Crippen LogP contribution in [0.15, 0.2) is 46.9 Å². The average Bonchev–Trinajstić information content (AvgIpc) is 2.77. The van der Waals surface area contributed by atoms with Gasteiger partial charge in [0.1, 0.15) is 11.4 Å². The summed E-state index contributed by atoms with van der Waals surface area (Å²) in [6, 6.07) is 13.8. The van der Waals surface area contributed by atoms with Crippen LogP contribution >= 0.6 is 15.9 Å². The lowest BCUT2D eigenvalue weighted by atomic mass is 9.88. The quantitative estimate of drug-likeness (QED) is 0.916. The van der Waals surface area contributed by atoms with Crippen LogP contribution in [0.1, 0.15) is 23.1 Å². The molecule has 0 saturated heterocycles. The molecule has 0 aromatic heterocycles. The van der Waals surface area contributed by atoms with Crippen molar-refractivity contribution in [3.05, 3.63) is 63.6 Å². The molecule has 2 aromatic carbocycles. The van der Waals surface area contributed by atoms with Gasteiger partial charge < -0.3 is 9.84 Å². The van der Waals surface area contributed by atoms with E-state index in [4.69, 9.17) is 4.74 Å². The highest BCUT2D eigenvalue weighted by Crippen LogP contribution is 2.43. The summed E-state index contributed by atoms with van der Waals surface area (Å²) in [6.07, 6.45) is 1.64. The summed E-state index contributed by atoms with van der Waals surface area (Å²) in [5.41, 5.74) is 2.27. The second-order valence-corrected chi connectivity index (χ2v) is 5.81. The molecule has 0 saturated carbocycles. The molecule has 2 aromatic rings. The minimum Gasteiger partial charge on any atom is -0.497 e. The zero-order valence-corrected chi connectivity index (χ0v) is 12.3. The van der Waals surface area contributed by atoms with Gasteiger partial charge in [-0.15, -0.1) is 0 Å². The Balaban J connectivity index is 2.07. The van der Waals surface area contributed by atoms with E-state index in [-0.39, 0.29) is 0 Å². The fraction of sp³-hybridized carbons (Fsp3) is 0.250. The number of hydrogen-bond acceptors (Lipinski definition) is 2. The molecule has 0 heterocycles. The van der Waals surface area contributed by atoms with Gasteiger partial charge in [-0.25, -0.2) is 0 Å². The minimum absolute atomic E-state index is 0.727. The van der Waals surface area contributed by atoms with Crippen molar-refractivity contribution >= 4 is 15.9 Å². The lowest BCUT2D eigenvalue weighted by Gasteiger charge is -2.25. The Bertz CT molecular complexity index is 607. The summed E-state index contributed by atoms with van der Waals surface area (Å²) in [5.74, 6) is 0.805. The Hall–Kier alpha value is -1.32. The van der Waals surface area contributed by atoms with E-state index >= 15 is 0 Å². The molecule has 0 fully saturated rings. The number of halogens is 1. The Labute approximate surface area is 121 Å². The molecular formula is C16H15BrO2. The molecule has 0 radical (unpaired) electrons. The highest BCUT2D eigenvalue weighted by molar-refractivity contribution is 9.10. The van der Waals surface area contributed by atoms with Crippen LogP contribution in [0, 0.1) is 0 Å².